The number of guanidine groups is 2. The zero-order valence-electron chi connectivity index (χ0n) is 13.6. The molecular weight excluding hydrogens is 339 g/mol. The molecule has 0 spiro atoms. The number of nitrogens with one attached hydrogen (secondary N) is 3. The van der Waals surface area contributed by atoms with Crippen LogP contribution in [0.25, 0.3) is 0 Å². The van der Waals surface area contributed by atoms with E-state index in [1.165, 1.54) is 0 Å². The summed E-state index contributed by atoms with van der Waals surface area (Å²) in [5.41, 5.74) is 5.37. The number of halogens is 3. The molecular formula is C13H20F3N9. The molecule has 5 N–H and O–H groups in total. The van der Waals surface area contributed by atoms with Crippen LogP contribution in [-0.2, 0) is 6.54 Å². The zero-order valence-corrected chi connectivity index (χ0v) is 13.6. The van der Waals surface area contributed by atoms with Gasteiger partial charge in [0.2, 0.25) is 5.96 Å². The Labute approximate surface area is 142 Å². The minimum Gasteiger partial charge on any atom is -0.370 e. The number of nitrogens with zero attached hydrogens (tertiary/aromatic N) is 5. The van der Waals surface area contributed by atoms with Crippen LogP contribution in [0, 0.1) is 11.5 Å². The van der Waals surface area contributed by atoms with E-state index in [1.807, 2.05) is 0 Å². The third kappa shape index (κ3) is 9.04. The largest absolute Gasteiger partial charge is 0.408 e. The van der Waals surface area contributed by atoms with Crippen molar-refractivity contribution in [3.63, 3.8) is 0 Å². The molecule has 1 rings (SSSR count). The average Bonchev–Trinajstić information content (AvgIpc) is 2.98. The lowest BCUT2D eigenvalue weighted by Gasteiger charge is -2.07. The van der Waals surface area contributed by atoms with Gasteiger partial charge in [-0.1, -0.05) is 0 Å². The first-order chi connectivity index (χ1) is 11.8. The Morgan fingerprint density at radius 3 is 2.84 bits per heavy atom. The molecule has 0 amide bonds. The van der Waals surface area contributed by atoms with Crippen LogP contribution in [0.1, 0.15) is 12.8 Å². The van der Waals surface area contributed by atoms with Crippen LogP contribution in [0.15, 0.2) is 22.2 Å². The third-order valence-corrected chi connectivity index (χ3v) is 2.83. The highest BCUT2D eigenvalue weighted by atomic mass is 19.4. The summed E-state index contributed by atoms with van der Waals surface area (Å²) in [6.45, 7) is -0.0960. The zero-order chi connectivity index (χ0) is 18.7. The molecule has 12 heteroatoms. The van der Waals surface area contributed by atoms with Crippen LogP contribution in [-0.4, -0.2) is 48.0 Å². The van der Waals surface area contributed by atoms with E-state index in [9.17, 15) is 13.2 Å². The smallest absolute Gasteiger partial charge is 0.370 e. The van der Waals surface area contributed by atoms with E-state index in [-0.39, 0.29) is 5.96 Å². The van der Waals surface area contributed by atoms with Crippen molar-refractivity contribution >= 4 is 17.7 Å². The number of anilines is 1. The van der Waals surface area contributed by atoms with Gasteiger partial charge in [0.15, 0.2) is 18.0 Å². The molecule has 0 saturated carbocycles. The highest BCUT2D eigenvalue weighted by Crippen LogP contribution is 2.14. The fourth-order valence-electron chi connectivity index (χ4n) is 1.74. The molecule has 1 aromatic heterocycles. The average molecular weight is 359 g/mol. The molecule has 0 unspecified atom stereocenters. The second-order valence-corrected chi connectivity index (χ2v) is 4.85. The first kappa shape index (κ1) is 20.1. The molecule has 138 valence electrons. The summed E-state index contributed by atoms with van der Waals surface area (Å²) < 4.78 is 37.7. The molecule has 1 aromatic rings. The SMILES string of the molecule is CN=C(NC#N)NCCCCn1ccc(NC(N)=NCC(F)(F)F)n1. The van der Waals surface area contributed by atoms with Crippen LogP contribution in [0.4, 0.5) is 19.0 Å². The molecule has 0 aliphatic carbocycles. The van der Waals surface area contributed by atoms with Crippen LogP contribution in [0.3, 0.4) is 0 Å². The van der Waals surface area contributed by atoms with E-state index < -0.39 is 12.7 Å². The summed E-state index contributed by atoms with van der Waals surface area (Å²) in [6.07, 6.45) is 0.670. The number of aromatic nitrogens is 2. The first-order valence-electron chi connectivity index (χ1n) is 7.37. The van der Waals surface area contributed by atoms with E-state index >= 15 is 0 Å². The highest BCUT2D eigenvalue weighted by molar-refractivity contribution is 5.91. The molecule has 0 aromatic carbocycles. The van der Waals surface area contributed by atoms with Gasteiger partial charge in [0.25, 0.3) is 0 Å². The van der Waals surface area contributed by atoms with Crippen LogP contribution >= 0.6 is 0 Å². The fourth-order valence-corrected chi connectivity index (χ4v) is 1.74. The minimum atomic E-state index is -4.40. The Kier molecular flexibility index (Phi) is 8.04. The minimum absolute atomic E-state index is 0.320. The van der Waals surface area contributed by atoms with Gasteiger partial charge in [0, 0.05) is 32.4 Å². The molecule has 1 heterocycles. The molecule has 0 saturated heterocycles. The topological polar surface area (TPSA) is 128 Å². The van der Waals surface area contributed by atoms with Gasteiger partial charge >= 0.3 is 6.18 Å². The molecule has 0 atom stereocenters. The molecule has 0 aliphatic rings. The molecule has 25 heavy (non-hydrogen) atoms. The molecule has 9 nitrogen and oxygen atoms in total. The monoisotopic (exact) mass is 359 g/mol. The van der Waals surface area contributed by atoms with Crippen LogP contribution in [0.5, 0.6) is 0 Å². The van der Waals surface area contributed by atoms with Gasteiger partial charge in [-0.25, -0.2) is 4.99 Å². The van der Waals surface area contributed by atoms with Crippen molar-refractivity contribution in [1.29, 1.82) is 5.26 Å². The summed E-state index contributed by atoms with van der Waals surface area (Å²) in [5, 5.41) is 20.5. The van der Waals surface area contributed by atoms with Crippen molar-refractivity contribution in [2.24, 2.45) is 15.7 Å². The van der Waals surface area contributed by atoms with Gasteiger partial charge in [-0.05, 0) is 12.8 Å². The first-order valence-corrected chi connectivity index (χ1v) is 7.37. The Hall–Kier alpha value is -2.97. The van der Waals surface area contributed by atoms with E-state index in [0.29, 0.717) is 24.9 Å². The normalized spacial score (nSPS) is 12.6. The Morgan fingerprint density at radius 2 is 2.20 bits per heavy atom. The van der Waals surface area contributed by atoms with E-state index in [0.717, 1.165) is 12.8 Å². The molecule has 0 radical (unpaired) electrons. The van der Waals surface area contributed by atoms with Crippen molar-refractivity contribution in [3.05, 3.63) is 12.3 Å². The van der Waals surface area contributed by atoms with E-state index in [2.05, 4.69) is 31.0 Å². The van der Waals surface area contributed by atoms with Gasteiger partial charge in [-0.15, -0.1) is 0 Å². The number of nitrogens with two attached hydrogens (primary N) is 1. The number of hydrogen-bond acceptors (Lipinski definition) is 4. The van der Waals surface area contributed by atoms with Crippen molar-refractivity contribution in [3.8, 4) is 6.19 Å². The fraction of sp³-hybridized carbons (Fsp3) is 0.538. The standard InChI is InChI=1S/C13H20F3N9/c1-19-12(22-9-17)20-5-2-3-6-25-7-4-10(24-25)23-11(18)21-8-13(14,15)16/h4,7H,2-3,5-6,8H2,1H3,(H2,19,20,22)(H3,18,21,23,24). The number of unbranched alkanes of at least 4 members (excludes halogenated alkanes) is 1. The number of aryl methyl sites for hydroxylation is 1. The second kappa shape index (κ2) is 10.0. The maximum absolute atomic E-state index is 12.0. The number of nitriles is 1. The van der Waals surface area contributed by atoms with Crippen molar-refractivity contribution < 1.29 is 13.2 Å². The highest BCUT2D eigenvalue weighted by Gasteiger charge is 2.26. The van der Waals surface area contributed by atoms with Crippen LogP contribution < -0.4 is 21.7 Å². The molecule has 0 aliphatic heterocycles. The summed E-state index contributed by atoms with van der Waals surface area (Å²) in [7, 11) is 1.56. The number of hydrogen-bond donors (Lipinski definition) is 4. The number of rotatable bonds is 7. The van der Waals surface area contributed by atoms with E-state index in [1.54, 1.807) is 30.2 Å². The van der Waals surface area contributed by atoms with Crippen LogP contribution in [0.2, 0.25) is 0 Å². The van der Waals surface area contributed by atoms with Gasteiger partial charge in [0.05, 0.1) is 0 Å². The second-order valence-electron chi connectivity index (χ2n) is 4.85. The van der Waals surface area contributed by atoms with Crippen molar-refractivity contribution in [2.75, 3.05) is 25.5 Å². The third-order valence-electron chi connectivity index (χ3n) is 2.83. The summed E-state index contributed by atoms with van der Waals surface area (Å²) in [6, 6.07) is 1.59. The summed E-state index contributed by atoms with van der Waals surface area (Å²) in [4.78, 5) is 7.03. The lowest BCUT2D eigenvalue weighted by atomic mass is 10.3. The summed E-state index contributed by atoms with van der Waals surface area (Å²) in [5.74, 6) is 0.380. The predicted octanol–water partition coefficient (Wildman–Crippen LogP) is 0.598. The van der Waals surface area contributed by atoms with Gasteiger partial charge < -0.3 is 16.4 Å². The lowest BCUT2D eigenvalue weighted by Crippen LogP contribution is -2.34. The molecule has 0 bridgehead atoms. The maximum atomic E-state index is 12.0. The lowest BCUT2D eigenvalue weighted by molar-refractivity contribution is -0.118. The number of aliphatic imine (C=N–C) groups is 2. The number of alkyl halides is 3. The van der Waals surface area contributed by atoms with Gasteiger partial charge in [-0.3, -0.25) is 15.0 Å². The predicted molar refractivity (Wildman–Crippen MR) is 87.7 cm³/mol. The Morgan fingerprint density at radius 1 is 1.44 bits per heavy atom. The quantitative estimate of drug-likeness (QED) is 0.186. The maximum Gasteiger partial charge on any atom is 0.408 e. The summed E-state index contributed by atoms with van der Waals surface area (Å²) >= 11 is 0. The van der Waals surface area contributed by atoms with Crippen molar-refractivity contribution in [1.82, 2.24) is 20.4 Å². The Balaban J connectivity index is 2.31. The van der Waals surface area contributed by atoms with E-state index in [4.69, 9.17) is 11.0 Å². The van der Waals surface area contributed by atoms with Gasteiger partial charge in [0.1, 0.15) is 6.54 Å². The Bertz CT molecular complexity index is 627. The molecule has 0 fully saturated rings. The van der Waals surface area contributed by atoms with Crippen molar-refractivity contribution in [2.45, 2.75) is 25.6 Å². The van der Waals surface area contributed by atoms with Gasteiger partial charge in [-0.2, -0.15) is 23.5 Å².